The van der Waals surface area contributed by atoms with Gasteiger partial charge in [-0.3, -0.25) is 0 Å². The van der Waals surface area contributed by atoms with E-state index in [-0.39, 0.29) is 17.5 Å². The van der Waals surface area contributed by atoms with Gasteiger partial charge in [0.1, 0.15) is 11.6 Å². The van der Waals surface area contributed by atoms with Gasteiger partial charge in [0.2, 0.25) is 0 Å². The highest BCUT2D eigenvalue weighted by Crippen LogP contribution is 2.18. The summed E-state index contributed by atoms with van der Waals surface area (Å²) in [7, 11) is 0. The molecule has 0 radical (unpaired) electrons. The largest absolute Gasteiger partial charge is 0.491 e. The summed E-state index contributed by atoms with van der Waals surface area (Å²) in [6, 6.07) is 4.89. The normalized spacial score (nSPS) is 13.4. The number of nitrogens with one attached hydrogen (secondary N) is 1. The Morgan fingerprint density at radius 1 is 1.32 bits per heavy atom. The lowest BCUT2D eigenvalue weighted by Crippen LogP contribution is -2.36. The van der Waals surface area contributed by atoms with E-state index in [0.29, 0.717) is 5.56 Å². The molecule has 3 heteroatoms. The van der Waals surface area contributed by atoms with Gasteiger partial charge in [-0.05, 0) is 77.8 Å². The van der Waals surface area contributed by atoms with E-state index in [1.807, 2.05) is 0 Å². The van der Waals surface area contributed by atoms with Gasteiger partial charge in [-0.25, -0.2) is 4.39 Å². The highest BCUT2D eigenvalue weighted by Gasteiger charge is 2.09. The number of hydrogen-bond acceptors (Lipinski definition) is 2. The highest BCUT2D eigenvalue weighted by molar-refractivity contribution is 5.28. The molecule has 0 saturated heterocycles. The van der Waals surface area contributed by atoms with Crippen LogP contribution in [-0.2, 0) is 0 Å². The van der Waals surface area contributed by atoms with Crippen LogP contribution in [0.5, 0.6) is 5.75 Å². The van der Waals surface area contributed by atoms with Crippen LogP contribution in [0, 0.1) is 12.7 Å². The van der Waals surface area contributed by atoms with Crippen LogP contribution in [-0.4, -0.2) is 18.2 Å². The number of benzene rings is 1. The molecular weight excluding hydrogens is 241 g/mol. The summed E-state index contributed by atoms with van der Waals surface area (Å²) in [5.41, 5.74) is 0.789. The minimum absolute atomic E-state index is 0.145. The number of ether oxygens (including phenoxy) is 1. The summed E-state index contributed by atoms with van der Waals surface area (Å²) in [5.74, 6) is 0.560. The zero-order valence-electron chi connectivity index (χ0n) is 12.7. The number of hydrogen-bond donors (Lipinski definition) is 1. The smallest absolute Gasteiger partial charge is 0.126 e. The molecule has 0 aliphatic heterocycles. The molecule has 2 nitrogen and oxygen atoms in total. The second-order valence-electron chi connectivity index (χ2n) is 6.16. The first-order valence-corrected chi connectivity index (χ1v) is 6.96. The average Bonchev–Trinajstić information content (AvgIpc) is 2.28. The van der Waals surface area contributed by atoms with Crippen molar-refractivity contribution in [2.75, 3.05) is 6.54 Å². The summed E-state index contributed by atoms with van der Waals surface area (Å²) in [4.78, 5) is 0. The topological polar surface area (TPSA) is 21.3 Å². The van der Waals surface area contributed by atoms with E-state index in [1.54, 1.807) is 19.1 Å². The Hall–Kier alpha value is -1.09. The summed E-state index contributed by atoms with van der Waals surface area (Å²) in [5, 5.41) is 3.45. The molecule has 1 atom stereocenters. The van der Waals surface area contributed by atoms with E-state index in [9.17, 15) is 4.39 Å². The van der Waals surface area contributed by atoms with Crippen molar-refractivity contribution in [3.05, 3.63) is 29.6 Å². The maximum Gasteiger partial charge on any atom is 0.126 e. The fraction of sp³-hybridized carbons (Fsp3) is 0.625. The van der Waals surface area contributed by atoms with Gasteiger partial charge in [0.25, 0.3) is 0 Å². The lowest BCUT2D eigenvalue weighted by atomic mass is 10.1. The molecular formula is C16H26FNO. The maximum absolute atomic E-state index is 13.1. The van der Waals surface area contributed by atoms with E-state index < -0.39 is 0 Å². The van der Waals surface area contributed by atoms with Crippen LogP contribution in [0.1, 0.15) is 46.1 Å². The predicted molar refractivity (Wildman–Crippen MR) is 78.2 cm³/mol. The third-order valence-electron chi connectivity index (χ3n) is 2.91. The van der Waals surface area contributed by atoms with Gasteiger partial charge >= 0.3 is 0 Å². The first-order chi connectivity index (χ1) is 8.78. The van der Waals surface area contributed by atoms with Crippen molar-refractivity contribution in [1.82, 2.24) is 5.32 Å². The van der Waals surface area contributed by atoms with Gasteiger partial charge in [0.05, 0.1) is 6.10 Å². The Kier molecular flexibility index (Phi) is 5.80. The molecule has 1 aromatic rings. The lowest BCUT2D eigenvalue weighted by Gasteiger charge is -2.21. The van der Waals surface area contributed by atoms with Crippen molar-refractivity contribution in [3.8, 4) is 5.75 Å². The Morgan fingerprint density at radius 2 is 2.00 bits per heavy atom. The van der Waals surface area contributed by atoms with Crippen molar-refractivity contribution >= 4 is 0 Å². The van der Waals surface area contributed by atoms with Crippen molar-refractivity contribution in [1.29, 1.82) is 0 Å². The first-order valence-electron chi connectivity index (χ1n) is 6.96. The Balaban J connectivity index is 2.31. The first kappa shape index (κ1) is 16.0. The molecule has 1 rings (SSSR count). The van der Waals surface area contributed by atoms with E-state index in [1.165, 1.54) is 6.07 Å². The summed E-state index contributed by atoms with van der Waals surface area (Å²) in [6.45, 7) is 11.3. The Bertz CT molecular complexity index is 398. The van der Waals surface area contributed by atoms with E-state index in [4.69, 9.17) is 4.74 Å². The van der Waals surface area contributed by atoms with Crippen LogP contribution < -0.4 is 10.1 Å². The van der Waals surface area contributed by atoms with Gasteiger partial charge in [-0.1, -0.05) is 0 Å². The van der Waals surface area contributed by atoms with E-state index in [0.717, 1.165) is 25.1 Å². The van der Waals surface area contributed by atoms with Crippen LogP contribution in [0.25, 0.3) is 0 Å². The second kappa shape index (κ2) is 6.90. The predicted octanol–water partition coefficient (Wildman–Crippen LogP) is 4.07. The van der Waals surface area contributed by atoms with Crippen molar-refractivity contribution in [2.45, 2.75) is 59.1 Å². The third-order valence-corrected chi connectivity index (χ3v) is 2.91. The van der Waals surface area contributed by atoms with Crippen LogP contribution in [0.4, 0.5) is 4.39 Å². The Labute approximate surface area is 116 Å². The zero-order chi connectivity index (χ0) is 14.5. The average molecular weight is 267 g/mol. The molecule has 0 spiro atoms. The third kappa shape index (κ3) is 6.58. The van der Waals surface area contributed by atoms with Crippen molar-refractivity contribution in [2.24, 2.45) is 0 Å². The SMILES string of the molecule is Cc1cc(OC(C)CCCNC(C)(C)C)ccc1F. The highest BCUT2D eigenvalue weighted by atomic mass is 19.1. The van der Waals surface area contributed by atoms with Gasteiger partial charge < -0.3 is 10.1 Å². The fourth-order valence-corrected chi connectivity index (χ4v) is 1.83. The molecule has 1 N–H and O–H groups in total. The molecule has 0 saturated carbocycles. The number of halogens is 1. The molecule has 0 aliphatic rings. The molecule has 0 heterocycles. The van der Waals surface area contributed by atoms with Gasteiger partial charge in [-0.2, -0.15) is 0 Å². The van der Waals surface area contributed by atoms with Crippen LogP contribution in [0.15, 0.2) is 18.2 Å². The van der Waals surface area contributed by atoms with Gasteiger partial charge in [0, 0.05) is 5.54 Å². The molecule has 0 amide bonds. The quantitative estimate of drug-likeness (QED) is 0.784. The monoisotopic (exact) mass is 267 g/mol. The minimum atomic E-state index is -0.186. The molecule has 0 aliphatic carbocycles. The van der Waals surface area contributed by atoms with Gasteiger partial charge in [-0.15, -0.1) is 0 Å². The molecule has 1 aromatic carbocycles. The van der Waals surface area contributed by atoms with E-state index in [2.05, 4.69) is 33.0 Å². The second-order valence-corrected chi connectivity index (χ2v) is 6.16. The molecule has 0 aromatic heterocycles. The van der Waals surface area contributed by atoms with Crippen LogP contribution in [0.3, 0.4) is 0 Å². The summed E-state index contributed by atoms with van der Waals surface area (Å²) >= 11 is 0. The van der Waals surface area contributed by atoms with Crippen molar-refractivity contribution in [3.63, 3.8) is 0 Å². The van der Waals surface area contributed by atoms with Crippen LogP contribution in [0.2, 0.25) is 0 Å². The zero-order valence-corrected chi connectivity index (χ0v) is 12.7. The molecule has 0 bridgehead atoms. The van der Waals surface area contributed by atoms with Gasteiger partial charge in [0.15, 0.2) is 0 Å². The molecule has 19 heavy (non-hydrogen) atoms. The minimum Gasteiger partial charge on any atom is -0.491 e. The summed E-state index contributed by atoms with van der Waals surface area (Å²) in [6.07, 6.45) is 2.20. The molecule has 1 unspecified atom stereocenters. The van der Waals surface area contributed by atoms with Crippen molar-refractivity contribution < 1.29 is 9.13 Å². The fourth-order valence-electron chi connectivity index (χ4n) is 1.83. The number of aryl methyl sites for hydroxylation is 1. The maximum atomic E-state index is 13.1. The van der Waals surface area contributed by atoms with Crippen LogP contribution >= 0.6 is 0 Å². The summed E-state index contributed by atoms with van der Waals surface area (Å²) < 4.78 is 18.9. The molecule has 108 valence electrons. The Morgan fingerprint density at radius 3 is 2.58 bits per heavy atom. The standard InChI is InChI=1S/C16H26FNO/c1-12-11-14(8-9-15(12)17)19-13(2)7-6-10-18-16(3,4)5/h8-9,11,13,18H,6-7,10H2,1-5H3. The number of rotatable bonds is 6. The lowest BCUT2D eigenvalue weighted by molar-refractivity contribution is 0.205. The van der Waals surface area contributed by atoms with E-state index >= 15 is 0 Å². The molecule has 0 fully saturated rings.